The Kier molecular flexibility index (Phi) is 4.86. The third-order valence-corrected chi connectivity index (χ3v) is 8.87. The van der Waals surface area contributed by atoms with Crippen molar-refractivity contribution < 1.29 is 42.6 Å². The van der Waals surface area contributed by atoms with Gasteiger partial charge >= 0.3 is 5.97 Å². The van der Waals surface area contributed by atoms with E-state index in [4.69, 9.17) is 16.1 Å². The fourth-order valence-corrected chi connectivity index (χ4v) is 6.56. The number of aromatic hydroxyl groups is 2. The molecule has 2 aliphatic rings. The molecule has 0 unspecified atom stereocenters. The second-order valence-corrected chi connectivity index (χ2v) is 10.4. The number of amides is 2. The zero-order chi connectivity index (χ0) is 23.6. The van der Waals surface area contributed by atoms with Crippen LogP contribution in [0.15, 0.2) is 22.7 Å². The summed E-state index contributed by atoms with van der Waals surface area (Å²) in [7, 11) is -4.14. The summed E-state index contributed by atoms with van der Waals surface area (Å²) >= 11 is 5.84. The van der Waals surface area contributed by atoms with E-state index in [1.54, 1.807) is 0 Å². The molecule has 2 aromatic rings. The maximum absolute atomic E-state index is 13.0. The summed E-state index contributed by atoms with van der Waals surface area (Å²) in [4.78, 5) is 36.9. The average Bonchev–Trinajstić information content (AvgIpc) is 3.25. The number of β-lactam (4-membered cyclic amide) rings is 1. The van der Waals surface area contributed by atoms with Crippen LogP contribution < -0.4 is 5.32 Å². The zero-order valence-corrected chi connectivity index (χ0v) is 17.8. The Morgan fingerprint density at radius 3 is 2.69 bits per heavy atom. The third kappa shape index (κ3) is 2.84. The van der Waals surface area contributed by atoms with Crippen LogP contribution in [0, 0.1) is 0 Å². The monoisotopic (exact) mass is 485 g/mol. The lowest BCUT2D eigenvalue weighted by atomic mass is 9.93. The van der Waals surface area contributed by atoms with Crippen molar-refractivity contribution >= 4 is 39.2 Å². The summed E-state index contributed by atoms with van der Waals surface area (Å²) in [6, 6.07) is 1.78. The SMILES string of the molecule is C[C@]1(c2cc(CNC(=O)c3ccc(O)c(O)c3Cl)on2)[C@H](C(=O)O)N2C(=O)C[C@H]2S1(=O)=O. The molecule has 3 atom stereocenters. The van der Waals surface area contributed by atoms with Crippen LogP contribution in [0.3, 0.4) is 0 Å². The Morgan fingerprint density at radius 1 is 1.38 bits per heavy atom. The molecule has 1 aromatic carbocycles. The fourth-order valence-electron chi connectivity index (χ4n) is 3.94. The number of hydrogen-bond donors (Lipinski definition) is 4. The van der Waals surface area contributed by atoms with E-state index >= 15 is 0 Å². The zero-order valence-electron chi connectivity index (χ0n) is 16.3. The van der Waals surface area contributed by atoms with Crippen LogP contribution in [-0.2, 0) is 30.7 Å². The molecule has 4 rings (SSSR count). The molecule has 1 aromatic heterocycles. The Hall–Kier alpha value is -3.32. The number of phenols is 2. The van der Waals surface area contributed by atoms with Crippen molar-refractivity contribution in [3.63, 3.8) is 0 Å². The molecular weight excluding hydrogens is 470 g/mol. The molecule has 32 heavy (non-hydrogen) atoms. The molecule has 3 heterocycles. The molecule has 0 bridgehead atoms. The summed E-state index contributed by atoms with van der Waals surface area (Å²) in [5, 5.41) is 33.2. The molecule has 0 saturated carbocycles. The van der Waals surface area contributed by atoms with Crippen LogP contribution >= 0.6 is 11.6 Å². The summed E-state index contributed by atoms with van der Waals surface area (Å²) < 4.78 is 29.1. The number of carbonyl (C=O) groups excluding carboxylic acids is 2. The predicted molar refractivity (Wildman–Crippen MR) is 105 cm³/mol. The minimum atomic E-state index is -4.14. The summed E-state index contributed by atoms with van der Waals surface area (Å²) in [5.41, 5.74) is -0.350. The van der Waals surface area contributed by atoms with Crippen molar-refractivity contribution in [1.82, 2.24) is 15.4 Å². The summed E-state index contributed by atoms with van der Waals surface area (Å²) in [6.07, 6.45) is -0.303. The Balaban J connectivity index is 1.59. The number of hydrogen-bond acceptors (Lipinski definition) is 9. The average molecular weight is 486 g/mol. The number of phenolic OH excluding ortho intramolecular Hbond substituents is 2. The fraction of sp³-hybridized carbons (Fsp3) is 0.333. The van der Waals surface area contributed by atoms with Crippen molar-refractivity contribution in [2.45, 2.75) is 36.1 Å². The predicted octanol–water partition coefficient (Wildman–Crippen LogP) is 0.324. The lowest BCUT2D eigenvalue weighted by molar-refractivity contribution is -0.157. The first kappa shape index (κ1) is 21.9. The van der Waals surface area contributed by atoms with E-state index in [9.17, 15) is 38.1 Å². The Morgan fingerprint density at radius 2 is 2.06 bits per heavy atom. The molecule has 2 saturated heterocycles. The number of sulfone groups is 1. The van der Waals surface area contributed by atoms with E-state index in [1.165, 1.54) is 19.1 Å². The van der Waals surface area contributed by atoms with Crippen LogP contribution in [-0.4, -0.2) is 63.0 Å². The van der Waals surface area contributed by atoms with Crippen molar-refractivity contribution in [3.05, 3.63) is 40.2 Å². The molecule has 2 amide bonds. The molecule has 2 fully saturated rings. The number of benzene rings is 1. The first-order valence-electron chi connectivity index (χ1n) is 9.13. The molecule has 0 spiro atoms. The second kappa shape index (κ2) is 7.10. The van der Waals surface area contributed by atoms with Gasteiger partial charge in [0.25, 0.3) is 5.91 Å². The quantitative estimate of drug-likeness (QED) is 0.339. The maximum atomic E-state index is 13.0. The third-order valence-electron chi connectivity index (χ3n) is 5.76. The number of aromatic nitrogens is 1. The van der Waals surface area contributed by atoms with E-state index in [2.05, 4.69) is 10.5 Å². The van der Waals surface area contributed by atoms with Gasteiger partial charge in [0.15, 0.2) is 33.1 Å². The lowest BCUT2D eigenvalue weighted by Gasteiger charge is -2.35. The molecule has 2 aliphatic heterocycles. The van der Waals surface area contributed by atoms with Crippen molar-refractivity contribution in [3.8, 4) is 11.5 Å². The lowest BCUT2D eigenvalue weighted by Crippen LogP contribution is -2.57. The molecule has 4 N–H and O–H groups in total. The van der Waals surface area contributed by atoms with Gasteiger partial charge in [0.2, 0.25) is 5.91 Å². The van der Waals surface area contributed by atoms with Gasteiger partial charge in [-0.05, 0) is 19.1 Å². The second-order valence-electron chi connectivity index (χ2n) is 7.51. The van der Waals surface area contributed by atoms with Gasteiger partial charge < -0.3 is 30.1 Å². The number of carboxylic acid groups (broad SMARTS) is 1. The molecule has 14 heteroatoms. The van der Waals surface area contributed by atoms with E-state index in [0.29, 0.717) is 0 Å². The van der Waals surface area contributed by atoms with Gasteiger partial charge in [-0.3, -0.25) is 9.59 Å². The highest BCUT2D eigenvalue weighted by molar-refractivity contribution is 7.93. The van der Waals surface area contributed by atoms with Gasteiger partial charge in [-0.25, -0.2) is 13.2 Å². The Labute approximate surface area is 185 Å². The van der Waals surface area contributed by atoms with Gasteiger partial charge in [0.05, 0.1) is 23.6 Å². The molecule has 12 nitrogen and oxygen atoms in total. The van der Waals surface area contributed by atoms with E-state index in [0.717, 1.165) is 11.0 Å². The molecular formula is C18H16ClN3O9S. The Bertz CT molecular complexity index is 1270. The van der Waals surface area contributed by atoms with Crippen LogP contribution in [0.5, 0.6) is 11.5 Å². The number of rotatable bonds is 5. The summed E-state index contributed by atoms with van der Waals surface area (Å²) in [5.74, 6) is -3.98. The van der Waals surface area contributed by atoms with Crippen LogP contribution in [0.1, 0.15) is 35.2 Å². The van der Waals surface area contributed by atoms with Crippen LogP contribution in [0.2, 0.25) is 5.02 Å². The van der Waals surface area contributed by atoms with Crippen molar-refractivity contribution in [1.29, 1.82) is 0 Å². The maximum Gasteiger partial charge on any atom is 0.328 e. The van der Waals surface area contributed by atoms with Gasteiger partial charge in [0, 0.05) is 6.07 Å². The number of nitrogens with one attached hydrogen (secondary N) is 1. The minimum Gasteiger partial charge on any atom is -0.504 e. The van der Waals surface area contributed by atoms with Crippen LogP contribution in [0.4, 0.5) is 0 Å². The normalized spacial score (nSPS) is 25.8. The van der Waals surface area contributed by atoms with E-state index < -0.39 is 55.3 Å². The number of halogens is 1. The molecule has 0 aliphatic carbocycles. The number of fused-ring (bicyclic) bond motifs is 1. The molecule has 170 valence electrons. The number of carbonyl (C=O) groups is 3. The van der Waals surface area contributed by atoms with Gasteiger partial charge in [-0.1, -0.05) is 16.8 Å². The number of nitrogens with zero attached hydrogens (tertiary/aromatic N) is 2. The van der Waals surface area contributed by atoms with Gasteiger partial charge in [-0.15, -0.1) is 0 Å². The minimum absolute atomic E-state index is 0.00797. The highest BCUT2D eigenvalue weighted by Gasteiger charge is 2.71. The number of carboxylic acids is 1. The van der Waals surface area contributed by atoms with Crippen molar-refractivity contribution in [2.75, 3.05) is 0 Å². The van der Waals surface area contributed by atoms with Crippen molar-refractivity contribution in [2.24, 2.45) is 0 Å². The topological polar surface area (TPSA) is 187 Å². The number of aliphatic carboxylic acids is 1. The van der Waals surface area contributed by atoms with Gasteiger partial charge in [0.1, 0.15) is 15.8 Å². The van der Waals surface area contributed by atoms with E-state index in [-0.39, 0.29) is 35.0 Å². The summed E-state index contributed by atoms with van der Waals surface area (Å²) in [6.45, 7) is 0.898. The van der Waals surface area contributed by atoms with Crippen LogP contribution in [0.25, 0.3) is 0 Å². The largest absolute Gasteiger partial charge is 0.504 e. The standard InChI is InChI=1S/C18H16ClN3O9S/c1-18(15(17(27)28)22-11(24)5-12(22)32(18,29)30)10-4-7(31-21-10)6-20-16(26)8-2-3-9(23)14(25)13(8)19/h2-4,12,15,23,25H,5-6H2,1H3,(H,20,26)(H,27,28)/t12-,15+,18+/m1/s1. The first-order valence-corrected chi connectivity index (χ1v) is 11.1. The highest BCUT2D eigenvalue weighted by atomic mass is 35.5. The first-order chi connectivity index (χ1) is 14.9. The highest BCUT2D eigenvalue weighted by Crippen LogP contribution is 2.51. The molecule has 0 radical (unpaired) electrons. The van der Waals surface area contributed by atoms with Gasteiger partial charge in [-0.2, -0.15) is 0 Å². The van der Waals surface area contributed by atoms with E-state index in [1.807, 2.05) is 0 Å². The smallest absolute Gasteiger partial charge is 0.328 e.